The number of imidazole rings is 1. The van der Waals surface area contributed by atoms with Crippen LogP contribution in [0.2, 0.25) is 0 Å². The molecule has 2 N–H and O–H groups in total. The average molecular weight is 309 g/mol. The topological polar surface area (TPSA) is 78.3 Å². The lowest BCUT2D eigenvalue weighted by molar-refractivity contribution is 0.405. The summed E-state index contributed by atoms with van der Waals surface area (Å²) in [5.41, 5.74) is 11.5. The highest BCUT2D eigenvalue weighted by atomic mass is 16.5. The molecule has 3 heterocycles. The van der Waals surface area contributed by atoms with Gasteiger partial charge < -0.3 is 10.5 Å². The molecule has 0 amide bonds. The van der Waals surface area contributed by atoms with Crippen LogP contribution in [0.5, 0.6) is 5.75 Å². The summed E-state index contributed by atoms with van der Waals surface area (Å²) in [7, 11) is 1.68. The molecule has 0 atom stereocenters. The number of aryl methyl sites for hydroxylation is 2. The number of aromatic nitrogens is 4. The first-order valence-corrected chi connectivity index (χ1v) is 7.75. The second-order valence-corrected chi connectivity index (χ2v) is 6.14. The fraction of sp³-hybridized carbons (Fsp3) is 0.353. The summed E-state index contributed by atoms with van der Waals surface area (Å²) in [5.74, 6) is 1.84. The predicted molar refractivity (Wildman–Crippen MR) is 88.6 cm³/mol. The number of ether oxygens (including phenoxy) is 1. The van der Waals surface area contributed by atoms with E-state index in [2.05, 4.69) is 9.97 Å². The minimum absolute atomic E-state index is 0.488. The fourth-order valence-corrected chi connectivity index (χ4v) is 2.90. The molecule has 0 aliphatic heterocycles. The summed E-state index contributed by atoms with van der Waals surface area (Å²) >= 11 is 0. The largest absolute Gasteiger partial charge is 0.495 e. The van der Waals surface area contributed by atoms with E-state index in [-0.39, 0.29) is 0 Å². The van der Waals surface area contributed by atoms with Crippen LogP contribution in [0.1, 0.15) is 35.6 Å². The highest BCUT2D eigenvalue weighted by molar-refractivity contribution is 5.66. The molecule has 1 saturated carbocycles. The summed E-state index contributed by atoms with van der Waals surface area (Å²) in [4.78, 5) is 9.00. The highest BCUT2D eigenvalue weighted by Crippen LogP contribution is 2.43. The van der Waals surface area contributed by atoms with Crippen molar-refractivity contribution >= 4 is 11.5 Å². The van der Waals surface area contributed by atoms with Crippen molar-refractivity contribution in [2.45, 2.75) is 32.6 Å². The maximum absolute atomic E-state index is 5.99. The SMILES string of the molecule is COc1cc2ncc(-c3nc(N)c(C)cc3C)n2nc1C1CC1. The van der Waals surface area contributed by atoms with Crippen molar-refractivity contribution in [3.63, 3.8) is 0 Å². The van der Waals surface area contributed by atoms with Crippen LogP contribution in [0.25, 0.3) is 17.0 Å². The van der Waals surface area contributed by atoms with Crippen LogP contribution in [0.15, 0.2) is 18.3 Å². The van der Waals surface area contributed by atoms with Gasteiger partial charge in [0.1, 0.15) is 23.0 Å². The van der Waals surface area contributed by atoms with Gasteiger partial charge in [-0.25, -0.2) is 14.5 Å². The minimum Gasteiger partial charge on any atom is -0.495 e. The van der Waals surface area contributed by atoms with Gasteiger partial charge in [0.15, 0.2) is 5.65 Å². The van der Waals surface area contributed by atoms with Gasteiger partial charge in [0.05, 0.1) is 19.0 Å². The maximum atomic E-state index is 5.99. The molecule has 3 aromatic heterocycles. The molecule has 1 fully saturated rings. The summed E-state index contributed by atoms with van der Waals surface area (Å²) < 4.78 is 7.32. The molecule has 118 valence electrons. The Kier molecular flexibility index (Phi) is 3.01. The zero-order valence-electron chi connectivity index (χ0n) is 13.5. The van der Waals surface area contributed by atoms with Gasteiger partial charge in [-0.2, -0.15) is 5.10 Å². The second-order valence-electron chi connectivity index (χ2n) is 6.14. The first kappa shape index (κ1) is 14.0. The van der Waals surface area contributed by atoms with Crippen LogP contribution in [0.4, 0.5) is 5.82 Å². The highest BCUT2D eigenvalue weighted by Gasteiger charge is 2.30. The third-order valence-corrected chi connectivity index (χ3v) is 4.35. The Bertz CT molecular complexity index is 911. The quantitative estimate of drug-likeness (QED) is 0.805. The Labute approximate surface area is 134 Å². The van der Waals surface area contributed by atoms with Crippen molar-refractivity contribution in [3.8, 4) is 17.1 Å². The van der Waals surface area contributed by atoms with Gasteiger partial charge in [-0.1, -0.05) is 6.07 Å². The van der Waals surface area contributed by atoms with E-state index in [4.69, 9.17) is 15.6 Å². The summed E-state index contributed by atoms with van der Waals surface area (Å²) in [6.07, 6.45) is 4.11. The molecule has 1 aliphatic carbocycles. The number of hydrogen-bond donors (Lipinski definition) is 1. The Morgan fingerprint density at radius 1 is 1.22 bits per heavy atom. The molecule has 0 aromatic carbocycles. The Hall–Kier alpha value is -2.63. The molecular formula is C17H19N5O. The molecule has 0 saturated heterocycles. The summed E-state index contributed by atoms with van der Waals surface area (Å²) in [6.45, 7) is 3.99. The van der Waals surface area contributed by atoms with Crippen LogP contribution >= 0.6 is 0 Å². The monoisotopic (exact) mass is 309 g/mol. The molecule has 0 spiro atoms. The van der Waals surface area contributed by atoms with Gasteiger partial charge in [0.25, 0.3) is 0 Å². The number of rotatable bonds is 3. The number of nitrogens with two attached hydrogens (primary N) is 1. The fourth-order valence-electron chi connectivity index (χ4n) is 2.90. The number of nitrogens with zero attached hydrogens (tertiary/aromatic N) is 4. The zero-order valence-corrected chi connectivity index (χ0v) is 13.5. The van der Waals surface area contributed by atoms with Crippen molar-refractivity contribution < 1.29 is 4.74 Å². The molecule has 1 aliphatic rings. The number of anilines is 1. The van der Waals surface area contributed by atoms with E-state index in [0.29, 0.717) is 11.7 Å². The van der Waals surface area contributed by atoms with E-state index < -0.39 is 0 Å². The van der Waals surface area contributed by atoms with E-state index in [1.165, 1.54) is 0 Å². The normalized spacial score (nSPS) is 14.4. The van der Waals surface area contributed by atoms with Crippen LogP contribution in [-0.2, 0) is 0 Å². The number of methoxy groups -OCH3 is 1. The van der Waals surface area contributed by atoms with Crippen molar-refractivity contribution in [3.05, 3.63) is 35.2 Å². The molecule has 3 aromatic rings. The number of pyridine rings is 1. The number of hydrogen-bond acceptors (Lipinski definition) is 5. The molecule has 6 heteroatoms. The first-order valence-electron chi connectivity index (χ1n) is 7.75. The first-order chi connectivity index (χ1) is 11.1. The lowest BCUT2D eigenvalue weighted by atomic mass is 10.1. The van der Waals surface area contributed by atoms with Gasteiger partial charge in [-0.3, -0.25) is 0 Å². The Balaban J connectivity index is 1.94. The van der Waals surface area contributed by atoms with E-state index in [1.54, 1.807) is 13.3 Å². The maximum Gasteiger partial charge on any atom is 0.157 e. The molecule has 0 radical (unpaired) electrons. The predicted octanol–water partition coefficient (Wildman–Crippen LogP) is 2.88. The third kappa shape index (κ3) is 2.21. The molecule has 0 bridgehead atoms. The van der Waals surface area contributed by atoms with Crippen molar-refractivity contribution in [1.29, 1.82) is 0 Å². The smallest absolute Gasteiger partial charge is 0.157 e. The van der Waals surface area contributed by atoms with Crippen LogP contribution in [-0.4, -0.2) is 26.7 Å². The lowest BCUT2D eigenvalue weighted by Crippen LogP contribution is -2.04. The zero-order chi connectivity index (χ0) is 16.1. The van der Waals surface area contributed by atoms with Crippen LogP contribution in [0, 0.1) is 13.8 Å². The van der Waals surface area contributed by atoms with E-state index in [9.17, 15) is 0 Å². The molecular weight excluding hydrogens is 290 g/mol. The molecule has 4 rings (SSSR count). The van der Waals surface area contributed by atoms with E-state index in [1.807, 2.05) is 30.5 Å². The van der Waals surface area contributed by atoms with Gasteiger partial charge in [0, 0.05) is 12.0 Å². The van der Waals surface area contributed by atoms with Gasteiger partial charge in [0.2, 0.25) is 0 Å². The van der Waals surface area contributed by atoms with Crippen molar-refractivity contribution in [1.82, 2.24) is 19.6 Å². The van der Waals surface area contributed by atoms with Gasteiger partial charge in [-0.05, 0) is 37.8 Å². The lowest BCUT2D eigenvalue weighted by Gasteiger charge is -2.10. The van der Waals surface area contributed by atoms with E-state index >= 15 is 0 Å². The minimum atomic E-state index is 0.488. The summed E-state index contributed by atoms with van der Waals surface area (Å²) in [6, 6.07) is 3.99. The average Bonchev–Trinajstić information content (AvgIpc) is 3.30. The van der Waals surface area contributed by atoms with E-state index in [0.717, 1.165) is 52.4 Å². The number of nitrogen functional groups attached to an aromatic ring is 1. The van der Waals surface area contributed by atoms with Crippen LogP contribution < -0.4 is 10.5 Å². The molecule has 0 unspecified atom stereocenters. The van der Waals surface area contributed by atoms with Gasteiger partial charge in [-0.15, -0.1) is 0 Å². The number of fused-ring (bicyclic) bond motifs is 1. The Morgan fingerprint density at radius 3 is 2.70 bits per heavy atom. The van der Waals surface area contributed by atoms with Gasteiger partial charge >= 0.3 is 0 Å². The summed E-state index contributed by atoms with van der Waals surface area (Å²) in [5, 5.41) is 4.79. The second kappa shape index (κ2) is 4.94. The standard InChI is InChI=1S/C17H19N5O/c1-9-6-10(2)17(18)20-15(9)12-8-19-14-7-13(23-3)16(11-4-5-11)21-22(12)14/h6-8,11H,4-5H2,1-3H3,(H2,18,20). The van der Waals surface area contributed by atoms with Crippen molar-refractivity contribution in [2.75, 3.05) is 12.8 Å². The third-order valence-electron chi connectivity index (χ3n) is 4.35. The van der Waals surface area contributed by atoms with Crippen LogP contribution in [0.3, 0.4) is 0 Å². The molecule has 6 nitrogen and oxygen atoms in total. The van der Waals surface area contributed by atoms with Crippen molar-refractivity contribution in [2.24, 2.45) is 0 Å². The molecule has 23 heavy (non-hydrogen) atoms. The Morgan fingerprint density at radius 2 is 2.00 bits per heavy atom.